The van der Waals surface area contributed by atoms with Crippen LogP contribution in [-0.2, 0) is 34.3 Å². The van der Waals surface area contributed by atoms with Crippen LogP contribution < -0.4 is 5.32 Å². The Balaban J connectivity index is 1.78. The molecule has 0 saturated heterocycles. The molecule has 10 heteroatoms. The molecule has 3 aromatic rings. The highest BCUT2D eigenvalue weighted by atomic mass is 32.2. The summed E-state index contributed by atoms with van der Waals surface area (Å²) in [5, 5.41) is 7.20. The topological polar surface area (TPSA) is 102 Å². The number of benzene rings is 1. The zero-order chi connectivity index (χ0) is 24.2. The average molecular weight is 475 g/mol. The van der Waals surface area contributed by atoms with E-state index in [2.05, 4.69) is 29.2 Å². The number of sulfonamides is 1. The van der Waals surface area contributed by atoms with Crippen molar-refractivity contribution in [2.75, 3.05) is 18.4 Å². The predicted molar refractivity (Wildman–Crippen MR) is 130 cm³/mol. The van der Waals surface area contributed by atoms with E-state index in [1.54, 1.807) is 35.1 Å². The van der Waals surface area contributed by atoms with Gasteiger partial charge in [-0.2, -0.15) is 9.40 Å². The van der Waals surface area contributed by atoms with Crippen molar-refractivity contribution in [1.29, 1.82) is 0 Å². The summed E-state index contributed by atoms with van der Waals surface area (Å²) in [5.74, 6) is 1.75. The van der Waals surface area contributed by atoms with Crippen molar-refractivity contribution in [3.05, 3.63) is 36.3 Å². The van der Waals surface area contributed by atoms with Crippen LogP contribution in [0.4, 0.5) is 5.82 Å². The number of carbonyl (C=O) groups excluding carboxylic acids is 1. The number of imidazole rings is 1. The van der Waals surface area contributed by atoms with E-state index in [-0.39, 0.29) is 17.2 Å². The Bertz CT molecular complexity index is 1210. The fourth-order valence-corrected chi connectivity index (χ4v) is 5.42. The minimum atomic E-state index is -3.56. The summed E-state index contributed by atoms with van der Waals surface area (Å²) in [7, 11) is -3.56. The molecule has 0 spiro atoms. The molecule has 0 aliphatic carbocycles. The quantitative estimate of drug-likeness (QED) is 0.458. The third-order valence-corrected chi connectivity index (χ3v) is 7.60. The van der Waals surface area contributed by atoms with E-state index in [9.17, 15) is 13.2 Å². The summed E-state index contributed by atoms with van der Waals surface area (Å²) in [6.07, 6.45) is 2.39. The minimum absolute atomic E-state index is 0.111. The van der Waals surface area contributed by atoms with E-state index in [0.29, 0.717) is 43.3 Å². The van der Waals surface area contributed by atoms with Crippen LogP contribution in [0.2, 0.25) is 0 Å². The van der Waals surface area contributed by atoms with Gasteiger partial charge in [0.15, 0.2) is 0 Å². The highest BCUT2D eigenvalue weighted by Gasteiger charge is 2.23. The highest BCUT2D eigenvalue weighted by molar-refractivity contribution is 7.89. The van der Waals surface area contributed by atoms with Crippen molar-refractivity contribution in [2.45, 2.75) is 65.4 Å². The lowest BCUT2D eigenvalue weighted by atomic mass is 10.2. The van der Waals surface area contributed by atoms with E-state index in [1.165, 1.54) is 4.31 Å². The largest absolute Gasteiger partial charge is 0.328 e. The summed E-state index contributed by atoms with van der Waals surface area (Å²) >= 11 is 0. The summed E-state index contributed by atoms with van der Waals surface area (Å²) < 4.78 is 31.0. The smallest absolute Gasteiger partial charge is 0.243 e. The first-order valence-electron chi connectivity index (χ1n) is 11.5. The molecule has 0 radical (unpaired) electrons. The number of nitrogens with one attached hydrogen (secondary N) is 1. The van der Waals surface area contributed by atoms with Crippen LogP contribution in [0.1, 0.15) is 46.9 Å². The Morgan fingerprint density at radius 1 is 1.15 bits per heavy atom. The molecule has 0 saturated carbocycles. The van der Waals surface area contributed by atoms with Gasteiger partial charge < -0.3 is 9.88 Å². The number of rotatable bonds is 11. The van der Waals surface area contributed by atoms with Crippen LogP contribution >= 0.6 is 0 Å². The maximum Gasteiger partial charge on any atom is 0.243 e. The number of nitrogens with zero attached hydrogens (tertiary/aromatic N) is 5. The maximum absolute atomic E-state index is 12.9. The maximum atomic E-state index is 12.9. The molecular weight excluding hydrogens is 440 g/mol. The first kappa shape index (κ1) is 24.9. The van der Waals surface area contributed by atoms with Gasteiger partial charge in [0.05, 0.1) is 22.1 Å². The number of anilines is 1. The molecule has 0 atom stereocenters. The molecule has 33 heavy (non-hydrogen) atoms. The zero-order valence-corrected chi connectivity index (χ0v) is 20.9. The molecule has 1 N–H and O–H groups in total. The number of hydrogen-bond acceptors (Lipinski definition) is 5. The van der Waals surface area contributed by atoms with Crippen molar-refractivity contribution < 1.29 is 13.2 Å². The lowest BCUT2D eigenvalue weighted by Crippen LogP contribution is -2.30. The van der Waals surface area contributed by atoms with Crippen molar-refractivity contribution in [3.63, 3.8) is 0 Å². The van der Waals surface area contributed by atoms with Gasteiger partial charge in [0.1, 0.15) is 11.6 Å². The molecule has 9 nitrogen and oxygen atoms in total. The molecular formula is C23H34N6O3S. The second-order valence-electron chi connectivity index (χ2n) is 8.35. The first-order chi connectivity index (χ1) is 15.7. The van der Waals surface area contributed by atoms with Crippen LogP contribution in [0.3, 0.4) is 0 Å². The highest BCUT2D eigenvalue weighted by Crippen LogP contribution is 2.23. The van der Waals surface area contributed by atoms with Crippen molar-refractivity contribution in [1.82, 2.24) is 23.6 Å². The molecule has 0 fully saturated rings. The van der Waals surface area contributed by atoms with Gasteiger partial charge in [-0.1, -0.05) is 27.7 Å². The number of carbonyl (C=O) groups is 1. The lowest BCUT2D eigenvalue weighted by molar-refractivity contribution is -0.116. The summed E-state index contributed by atoms with van der Waals surface area (Å²) in [5.41, 5.74) is 1.48. The molecule has 180 valence electrons. The lowest BCUT2D eigenvalue weighted by Gasteiger charge is -2.18. The van der Waals surface area contributed by atoms with Gasteiger partial charge >= 0.3 is 0 Å². The number of aromatic nitrogens is 4. The second kappa shape index (κ2) is 10.5. The number of hydrogen-bond donors (Lipinski definition) is 1. The third-order valence-electron chi connectivity index (χ3n) is 5.56. The van der Waals surface area contributed by atoms with E-state index >= 15 is 0 Å². The predicted octanol–water partition coefficient (Wildman–Crippen LogP) is 3.51. The van der Waals surface area contributed by atoms with Gasteiger partial charge in [-0.05, 0) is 31.0 Å². The Labute approximate surface area is 195 Å². The second-order valence-corrected chi connectivity index (χ2v) is 10.3. The number of aryl methyl sites for hydroxylation is 2. The van der Waals surface area contributed by atoms with Gasteiger partial charge in [0.25, 0.3) is 0 Å². The first-order valence-corrected chi connectivity index (χ1v) is 13.0. The minimum Gasteiger partial charge on any atom is -0.328 e. The van der Waals surface area contributed by atoms with Gasteiger partial charge in [-0.15, -0.1) is 0 Å². The molecule has 3 rings (SSSR count). The van der Waals surface area contributed by atoms with Crippen LogP contribution in [0.25, 0.3) is 11.0 Å². The molecule has 1 amide bonds. The molecule has 0 bridgehead atoms. The summed E-state index contributed by atoms with van der Waals surface area (Å²) in [6.45, 7) is 12.1. The van der Waals surface area contributed by atoms with Crippen molar-refractivity contribution >= 4 is 32.8 Å². The number of fused-ring (bicyclic) bond motifs is 1. The van der Waals surface area contributed by atoms with Crippen LogP contribution in [0, 0.1) is 5.92 Å². The molecule has 1 aromatic carbocycles. The van der Waals surface area contributed by atoms with Crippen LogP contribution in [0.5, 0.6) is 0 Å². The summed E-state index contributed by atoms with van der Waals surface area (Å²) in [6, 6.07) is 6.86. The van der Waals surface area contributed by atoms with Crippen LogP contribution in [0.15, 0.2) is 35.4 Å². The molecule has 2 aromatic heterocycles. The Morgan fingerprint density at radius 2 is 1.88 bits per heavy atom. The SMILES string of the molecule is CCN(CC)S(=O)(=O)c1ccc2c(c1)nc(CCC(=O)Nc1ccnn1CC(C)C)n2CC. The molecule has 2 heterocycles. The van der Waals surface area contributed by atoms with E-state index < -0.39 is 10.0 Å². The van der Waals surface area contributed by atoms with Gasteiger partial charge in [0.2, 0.25) is 15.9 Å². The van der Waals surface area contributed by atoms with E-state index in [1.807, 2.05) is 25.3 Å². The van der Waals surface area contributed by atoms with E-state index in [0.717, 1.165) is 17.9 Å². The average Bonchev–Trinajstić information content (AvgIpc) is 3.35. The van der Waals surface area contributed by atoms with Crippen molar-refractivity contribution in [2.24, 2.45) is 5.92 Å². The molecule has 0 aliphatic heterocycles. The summed E-state index contributed by atoms with van der Waals surface area (Å²) in [4.78, 5) is 17.5. The normalized spacial score (nSPS) is 12.2. The molecule has 0 unspecified atom stereocenters. The van der Waals surface area contributed by atoms with E-state index in [4.69, 9.17) is 0 Å². The zero-order valence-electron chi connectivity index (χ0n) is 20.1. The van der Waals surface area contributed by atoms with Gasteiger partial charge in [0, 0.05) is 45.1 Å². The number of amides is 1. The van der Waals surface area contributed by atoms with Crippen molar-refractivity contribution in [3.8, 4) is 0 Å². The standard InChI is InChI=1S/C23H34N6O3S/c1-6-27(7-2)33(31,32)18-9-10-20-19(15-18)25-21(28(20)8-3)11-12-23(30)26-22-13-14-24-29(22)16-17(4)5/h9-10,13-15,17H,6-8,11-12,16H2,1-5H3,(H,26,30). The Hall–Kier alpha value is -2.72. The Morgan fingerprint density at radius 3 is 2.52 bits per heavy atom. The fourth-order valence-electron chi connectivity index (χ4n) is 3.94. The van der Waals surface area contributed by atoms with Gasteiger partial charge in [-0.25, -0.2) is 18.1 Å². The monoisotopic (exact) mass is 474 g/mol. The third kappa shape index (κ3) is 5.44. The molecule has 0 aliphatic rings. The van der Waals surface area contributed by atoms with Gasteiger partial charge in [-0.3, -0.25) is 4.79 Å². The fraction of sp³-hybridized carbons (Fsp3) is 0.522. The Kier molecular flexibility index (Phi) is 7.91. The van der Waals surface area contributed by atoms with Crippen LogP contribution in [-0.4, -0.2) is 51.1 Å².